The minimum atomic E-state index is -4.70. The third-order valence-electron chi connectivity index (χ3n) is 12.2. The van der Waals surface area contributed by atoms with Crippen molar-refractivity contribution in [3.8, 4) is 0 Å². The molecule has 0 aromatic rings. The maximum absolute atomic E-state index is 13.5. The van der Waals surface area contributed by atoms with Crippen molar-refractivity contribution in [2.45, 2.75) is 258 Å². The second kappa shape index (κ2) is 48.3. The number of nitrogens with one attached hydrogen (secondary N) is 1. The molecular weight excluding hydrogens is 868 g/mol. The Balaban J connectivity index is 5.39. The van der Waals surface area contributed by atoms with Crippen LogP contribution >= 0.6 is 7.82 Å². The molecule has 1 N–H and O–H groups in total. The Morgan fingerprint density at radius 3 is 1.46 bits per heavy atom. The molecule has 0 bridgehead atoms. The summed E-state index contributed by atoms with van der Waals surface area (Å²) in [4.78, 5) is 39.8. The Hall–Kier alpha value is -2.29. The summed E-state index contributed by atoms with van der Waals surface area (Å²) in [6, 6.07) is -0.895. The molecule has 1 amide bonds. The van der Waals surface area contributed by atoms with Crippen LogP contribution < -0.4 is 10.2 Å². The van der Waals surface area contributed by atoms with Crippen molar-refractivity contribution in [3.05, 3.63) is 60.8 Å². The summed E-state index contributed by atoms with van der Waals surface area (Å²) in [5, 5.41) is 3.01. The molecule has 0 rings (SSSR count). The van der Waals surface area contributed by atoms with Crippen LogP contribution in [-0.4, -0.2) is 69.4 Å². The first kappa shape index (κ1) is 65.7. The van der Waals surface area contributed by atoms with E-state index in [-0.39, 0.29) is 24.9 Å². The molecule has 10 heteroatoms. The molecule has 0 aliphatic heterocycles. The molecule has 0 fully saturated rings. The molecule has 0 heterocycles. The number of rotatable bonds is 50. The van der Waals surface area contributed by atoms with E-state index in [1.165, 1.54) is 122 Å². The number of esters is 1. The molecular formula is C58H107N2O7P. The van der Waals surface area contributed by atoms with Crippen molar-refractivity contribution in [1.82, 2.24) is 5.32 Å². The predicted molar refractivity (Wildman–Crippen MR) is 289 cm³/mol. The van der Waals surface area contributed by atoms with Gasteiger partial charge in [0.05, 0.1) is 33.8 Å². The molecule has 396 valence electrons. The molecule has 0 aliphatic rings. The second-order valence-corrected chi connectivity index (χ2v) is 21.5. The van der Waals surface area contributed by atoms with E-state index in [1.807, 2.05) is 33.3 Å². The number of quaternary nitrogens is 1. The Kier molecular flexibility index (Phi) is 46.7. The number of carbonyl (C=O) groups excluding carboxylic acids is 2. The molecule has 3 unspecified atom stereocenters. The smallest absolute Gasteiger partial charge is 0.306 e. The van der Waals surface area contributed by atoms with Gasteiger partial charge in [0.2, 0.25) is 5.91 Å². The van der Waals surface area contributed by atoms with Crippen LogP contribution in [0, 0.1) is 0 Å². The fourth-order valence-electron chi connectivity index (χ4n) is 7.87. The van der Waals surface area contributed by atoms with E-state index in [0.717, 1.165) is 89.9 Å². The van der Waals surface area contributed by atoms with Gasteiger partial charge in [0, 0.05) is 12.8 Å². The Morgan fingerprint density at radius 1 is 0.529 bits per heavy atom. The lowest BCUT2D eigenvalue weighted by Crippen LogP contribution is -2.47. The van der Waals surface area contributed by atoms with E-state index in [2.05, 4.69) is 74.7 Å². The van der Waals surface area contributed by atoms with Crippen LogP contribution in [0.25, 0.3) is 0 Å². The minimum Gasteiger partial charge on any atom is -0.756 e. The van der Waals surface area contributed by atoms with Crippen molar-refractivity contribution < 1.29 is 37.3 Å². The van der Waals surface area contributed by atoms with Crippen LogP contribution in [0.5, 0.6) is 0 Å². The summed E-state index contributed by atoms with van der Waals surface area (Å²) < 4.78 is 30.2. The van der Waals surface area contributed by atoms with Crippen molar-refractivity contribution >= 4 is 19.7 Å². The summed E-state index contributed by atoms with van der Waals surface area (Å²) in [5.41, 5.74) is 0. The van der Waals surface area contributed by atoms with Crippen molar-refractivity contribution in [3.63, 3.8) is 0 Å². The Morgan fingerprint density at radius 2 is 0.956 bits per heavy atom. The van der Waals surface area contributed by atoms with E-state index >= 15 is 0 Å². The number of likely N-dealkylation sites (N-methyl/N-ethyl adjacent to an activating group) is 1. The highest BCUT2D eigenvalue weighted by Crippen LogP contribution is 2.38. The largest absolute Gasteiger partial charge is 0.756 e. The highest BCUT2D eigenvalue weighted by molar-refractivity contribution is 7.45. The maximum Gasteiger partial charge on any atom is 0.306 e. The average molecular weight is 975 g/mol. The molecule has 0 aromatic carbocycles. The zero-order valence-corrected chi connectivity index (χ0v) is 45.9. The van der Waals surface area contributed by atoms with Gasteiger partial charge in [-0.1, -0.05) is 217 Å². The van der Waals surface area contributed by atoms with E-state index in [0.29, 0.717) is 17.4 Å². The SMILES string of the molecule is CC/C=C/C=C/C=C/CCCCCCCCCC(=O)OC(/C=C/CCCCCCCCCCCC)C(COP(=O)([O-])OCC[N+](C)(C)C)NC(=O)CCCCCCCCC/C=C\CCCCCC. The van der Waals surface area contributed by atoms with Crippen LogP contribution in [0.1, 0.15) is 245 Å². The lowest BCUT2D eigenvalue weighted by atomic mass is 10.0. The van der Waals surface area contributed by atoms with Gasteiger partial charge >= 0.3 is 5.97 Å². The molecule has 0 aromatic heterocycles. The van der Waals surface area contributed by atoms with E-state index < -0.39 is 26.6 Å². The van der Waals surface area contributed by atoms with E-state index in [4.69, 9.17) is 13.8 Å². The fourth-order valence-corrected chi connectivity index (χ4v) is 8.59. The first-order valence-electron chi connectivity index (χ1n) is 28.1. The van der Waals surface area contributed by atoms with Gasteiger partial charge < -0.3 is 28.5 Å². The lowest BCUT2D eigenvalue weighted by molar-refractivity contribution is -0.870. The third kappa shape index (κ3) is 48.7. The van der Waals surface area contributed by atoms with Crippen LogP contribution in [0.15, 0.2) is 60.8 Å². The van der Waals surface area contributed by atoms with Crippen LogP contribution in [0.4, 0.5) is 0 Å². The summed E-state index contributed by atoms with van der Waals surface area (Å²) in [6.07, 6.45) is 58.9. The quantitative estimate of drug-likeness (QED) is 0.0161. The zero-order valence-electron chi connectivity index (χ0n) is 45.1. The summed E-state index contributed by atoms with van der Waals surface area (Å²) in [7, 11) is 1.17. The number of unbranched alkanes of at least 4 members (excludes halogenated alkanes) is 28. The third-order valence-corrected chi connectivity index (χ3v) is 13.2. The Labute approximate surface area is 420 Å². The van der Waals surface area contributed by atoms with Gasteiger partial charge in [-0.05, 0) is 76.7 Å². The number of amides is 1. The first-order valence-corrected chi connectivity index (χ1v) is 29.6. The minimum absolute atomic E-state index is 0.0265. The van der Waals surface area contributed by atoms with Gasteiger partial charge in [-0.15, -0.1) is 0 Å². The van der Waals surface area contributed by atoms with E-state index in [1.54, 1.807) is 0 Å². The number of allylic oxidation sites excluding steroid dienone is 9. The standard InChI is InChI=1S/C58H107N2O7P/c1-7-10-13-16-19-22-25-28-30-32-35-38-41-44-47-50-57(61)59-55(54-66-68(63,64)65-53-52-60(4,5)6)56(49-46-43-40-37-34-27-24-21-18-15-12-9-3)67-58(62)51-48-45-42-39-36-33-31-29-26-23-20-17-14-11-8-2/h11,14,17,20,22-23,25-26,46,49,55-56H,7-10,12-13,15-16,18-19,21,24,27-45,47-48,50-54H2,1-6H3,(H-,59,61,63,64)/b14-11+,20-17+,25-22-,26-23+,49-46+. The van der Waals surface area contributed by atoms with Crippen LogP contribution in [0.2, 0.25) is 0 Å². The molecule has 0 aliphatic carbocycles. The van der Waals surface area contributed by atoms with Crippen LogP contribution in [-0.2, 0) is 27.9 Å². The van der Waals surface area contributed by atoms with Gasteiger partial charge in [-0.2, -0.15) is 0 Å². The average Bonchev–Trinajstić information content (AvgIpc) is 3.29. The van der Waals surface area contributed by atoms with Crippen molar-refractivity contribution in [2.75, 3.05) is 40.9 Å². The zero-order chi connectivity index (χ0) is 50.1. The number of ether oxygens (including phenoxy) is 1. The summed E-state index contributed by atoms with van der Waals surface area (Å²) in [6.45, 7) is 6.68. The Bertz CT molecular complexity index is 1350. The molecule has 0 radical (unpaired) electrons. The first-order chi connectivity index (χ1) is 32.9. The number of hydrogen-bond donors (Lipinski definition) is 1. The van der Waals surface area contributed by atoms with Crippen molar-refractivity contribution in [2.24, 2.45) is 0 Å². The van der Waals surface area contributed by atoms with Gasteiger partial charge in [0.15, 0.2) is 0 Å². The van der Waals surface area contributed by atoms with E-state index in [9.17, 15) is 19.0 Å². The number of phosphoric acid groups is 1. The highest BCUT2D eigenvalue weighted by Gasteiger charge is 2.27. The normalized spacial score (nSPS) is 14.3. The topological polar surface area (TPSA) is 114 Å². The number of phosphoric ester groups is 1. The van der Waals surface area contributed by atoms with Gasteiger partial charge in [0.1, 0.15) is 19.3 Å². The number of hydrogen-bond acceptors (Lipinski definition) is 7. The number of nitrogens with zero attached hydrogens (tertiary/aromatic N) is 1. The number of carbonyl (C=O) groups is 2. The molecule has 68 heavy (non-hydrogen) atoms. The maximum atomic E-state index is 13.5. The molecule has 3 atom stereocenters. The monoisotopic (exact) mass is 975 g/mol. The molecule has 9 nitrogen and oxygen atoms in total. The fraction of sp³-hybridized carbons (Fsp3) is 0.793. The summed E-state index contributed by atoms with van der Waals surface area (Å²) in [5.74, 6) is -0.560. The van der Waals surface area contributed by atoms with Crippen molar-refractivity contribution in [1.29, 1.82) is 0 Å². The van der Waals surface area contributed by atoms with Gasteiger partial charge in [-0.25, -0.2) is 0 Å². The summed E-state index contributed by atoms with van der Waals surface area (Å²) >= 11 is 0. The molecule has 0 saturated heterocycles. The van der Waals surface area contributed by atoms with Gasteiger partial charge in [-0.3, -0.25) is 14.2 Å². The predicted octanol–water partition coefficient (Wildman–Crippen LogP) is 16.1. The molecule has 0 spiro atoms. The molecule has 0 saturated carbocycles. The lowest BCUT2D eigenvalue weighted by Gasteiger charge is -2.30. The van der Waals surface area contributed by atoms with Crippen LogP contribution in [0.3, 0.4) is 0 Å². The van der Waals surface area contributed by atoms with Gasteiger partial charge in [0.25, 0.3) is 7.82 Å². The highest BCUT2D eigenvalue weighted by atomic mass is 31.2. The second-order valence-electron chi connectivity index (χ2n) is 20.1.